The number of aromatic nitrogens is 1. The maximum atomic E-state index is 12.3. The highest BCUT2D eigenvalue weighted by atomic mass is 16.5. The molecule has 0 saturated carbocycles. The van der Waals surface area contributed by atoms with Gasteiger partial charge in [0.05, 0.1) is 12.8 Å². The molecule has 3 aromatic rings. The summed E-state index contributed by atoms with van der Waals surface area (Å²) in [5, 5.41) is 7.95. The number of fused-ring (bicyclic) bond motifs is 1. The Balaban J connectivity index is 1.72. The smallest absolute Gasteiger partial charge is 0.374 e. The van der Waals surface area contributed by atoms with Crippen LogP contribution in [0.2, 0.25) is 0 Å². The van der Waals surface area contributed by atoms with Crippen LogP contribution in [0.4, 0.5) is 10.5 Å². The van der Waals surface area contributed by atoms with E-state index < -0.39 is 6.03 Å². The predicted octanol–water partition coefficient (Wildman–Crippen LogP) is 5.10. The standard InChI is InChI=1S/C24H29BN4O3/c1-5-6-11-31-22-14-23(32-25)20(16(2)3)13-18(22)15-26-28-24(30)27-19-7-8-21-17(12-19)9-10-29(21)4/h7-10,12-16H,5-6,11H2,1-4H3,(H2,27,28,30)/b26-15+. The van der Waals surface area contributed by atoms with Crippen LogP contribution in [-0.4, -0.2) is 31.5 Å². The van der Waals surface area contributed by atoms with Gasteiger partial charge in [-0.15, -0.1) is 0 Å². The number of nitrogens with one attached hydrogen (secondary N) is 2. The van der Waals surface area contributed by atoms with Crippen LogP contribution in [0.1, 0.15) is 50.7 Å². The van der Waals surface area contributed by atoms with E-state index in [1.807, 2.05) is 62.0 Å². The van der Waals surface area contributed by atoms with Crippen molar-refractivity contribution in [2.45, 2.75) is 39.5 Å². The minimum Gasteiger partial charge on any atom is -0.568 e. The van der Waals surface area contributed by atoms with Gasteiger partial charge in [0.1, 0.15) is 11.5 Å². The first-order valence-electron chi connectivity index (χ1n) is 10.8. The van der Waals surface area contributed by atoms with Gasteiger partial charge in [0.25, 0.3) is 0 Å². The van der Waals surface area contributed by atoms with Crippen LogP contribution in [0, 0.1) is 0 Å². The molecule has 0 unspecified atom stereocenters. The van der Waals surface area contributed by atoms with Gasteiger partial charge in [-0.05, 0) is 48.2 Å². The second-order valence-electron chi connectivity index (χ2n) is 7.93. The highest BCUT2D eigenvalue weighted by molar-refractivity contribution is 6.00. The van der Waals surface area contributed by atoms with Crippen molar-refractivity contribution in [1.29, 1.82) is 0 Å². The Hall–Kier alpha value is -3.42. The summed E-state index contributed by atoms with van der Waals surface area (Å²) < 4.78 is 13.0. The van der Waals surface area contributed by atoms with Crippen molar-refractivity contribution in [3.63, 3.8) is 0 Å². The first kappa shape index (κ1) is 23.3. The number of rotatable bonds is 9. The molecule has 0 bridgehead atoms. The van der Waals surface area contributed by atoms with Crippen molar-refractivity contribution in [2.24, 2.45) is 12.1 Å². The number of amides is 2. The van der Waals surface area contributed by atoms with Crippen LogP contribution in [0.3, 0.4) is 0 Å². The van der Waals surface area contributed by atoms with E-state index in [9.17, 15) is 4.79 Å². The topological polar surface area (TPSA) is 76.9 Å². The number of urea groups is 1. The second kappa shape index (κ2) is 10.8. The van der Waals surface area contributed by atoms with E-state index in [0.717, 1.165) is 34.9 Å². The molecular formula is C24H29BN4O3. The lowest BCUT2D eigenvalue weighted by Gasteiger charge is -2.17. The number of unbranched alkanes of at least 4 members (excludes halogenated alkanes) is 1. The quantitative estimate of drug-likeness (QED) is 0.214. The summed E-state index contributed by atoms with van der Waals surface area (Å²) in [6.07, 6.45) is 5.48. The number of benzene rings is 2. The summed E-state index contributed by atoms with van der Waals surface area (Å²) in [6.45, 7) is 6.76. The van der Waals surface area contributed by atoms with E-state index >= 15 is 0 Å². The lowest BCUT2D eigenvalue weighted by atomic mass is 9.99. The zero-order chi connectivity index (χ0) is 23.1. The molecule has 3 rings (SSSR count). The third-order valence-corrected chi connectivity index (χ3v) is 5.16. The lowest BCUT2D eigenvalue weighted by molar-refractivity contribution is 0.252. The molecule has 0 spiro atoms. The highest BCUT2D eigenvalue weighted by Gasteiger charge is 2.13. The van der Waals surface area contributed by atoms with Crippen LogP contribution in [0.5, 0.6) is 11.5 Å². The van der Waals surface area contributed by atoms with Crippen molar-refractivity contribution < 1.29 is 14.2 Å². The highest BCUT2D eigenvalue weighted by Crippen LogP contribution is 2.33. The van der Waals surface area contributed by atoms with Gasteiger partial charge in [-0.2, -0.15) is 5.10 Å². The summed E-state index contributed by atoms with van der Waals surface area (Å²) in [7, 11) is 7.44. The number of carbonyl (C=O) groups excluding carboxylic acids is 1. The van der Waals surface area contributed by atoms with Gasteiger partial charge in [0.2, 0.25) is 0 Å². The summed E-state index contributed by atoms with van der Waals surface area (Å²) in [5.74, 6) is 1.35. The molecule has 2 aromatic carbocycles. The molecule has 32 heavy (non-hydrogen) atoms. The molecule has 2 amide bonds. The second-order valence-corrected chi connectivity index (χ2v) is 7.93. The Morgan fingerprint density at radius 2 is 2.03 bits per heavy atom. The molecule has 0 fully saturated rings. The molecule has 1 aromatic heterocycles. The Morgan fingerprint density at radius 3 is 2.75 bits per heavy atom. The van der Waals surface area contributed by atoms with Crippen molar-refractivity contribution in [3.8, 4) is 11.5 Å². The van der Waals surface area contributed by atoms with Crippen LogP contribution >= 0.6 is 0 Å². The van der Waals surface area contributed by atoms with Gasteiger partial charge < -0.3 is 19.3 Å². The molecule has 0 aliphatic rings. The minimum absolute atomic E-state index is 0.189. The van der Waals surface area contributed by atoms with E-state index in [0.29, 0.717) is 23.8 Å². The summed E-state index contributed by atoms with van der Waals surface area (Å²) >= 11 is 0. The number of hydrogen-bond acceptors (Lipinski definition) is 4. The van der Waals surface area contributed by atoms with E-state index in [1.54, 1.807) is 12.3 Å². The Labute approximate surface area is 190 Å². The first-order chi connectivity index (χ1) is 15.4. The fraction of sp³-hybridized carbons (Fsp3) is 0.333. The Morgan fingerprint density at radius 1 is 1.22 bits per heavy atom. The fourth-order valence-electron chi connectivity index (χ4n) is 3.38. The number of anilines is 1. The Kier molecular flexibility index (Phi) is 7.81. The molecule has 0 aliphatic heterocycles. The molecule has 0 atom stereocenters. The van der Waals surface area contributed by atoms with Gasteiger partial charge in [-0.25, -0.2) is 10.2 Å². The molecule has 1 heterocycles. The number of nitrogens with zero attached hydrogens (tertiary/aromatic N) is 2. The third kappa shape index (κ3) is 5.63. The molecule has 8 heteroatoms. The van der Waals surface area contributed by atoms with Crippen molar-refractivity contribution in [2.75, 3.05) is 11.9 Å². The zero-order valence-electron chi connectivity index (χ0n) is 19.0. The van der Waals surface area contributed by atoms with Crippen LogP contribution in [0.25, 0.3) is 10.9 Å². The molecular weight excluding hydrogens is 403 g/mol. The summed E-state index contributed by atoms with van der Waals surface area (Å²) in [5.41, 5.74) is 5.95. The fourth-order valence-corrected chi connectivity index (χ4v) is 3.38. The molecule has 0 saturated heterocycles. The van der Waals surface area contributed by atoms with Crippen LogP contribution in [0.15, 0.2) is 47.7 Å². The molecule has 2 N–H and O–H groups in total. The maximum Gasteiger partial charge on any atom is 0.374 e. The number of ether oxygens (including phenoxy) is 1. The van der Waals surface area contributed by atoms with E-state index in [1.165, 1.54) is 0 Å². The van der Waals surface area contributed by atoms with Gasteiger partial charge in [0.15, 0.2) is 0 Å². The number of hydrogen-bond donors (Lipinski definition) is 2. The van der Waals surface area contributed by atoms with Crippen molar-refractivity contribution >= 4 is 36.9 Å². The average molecular weight is 432 g/mol. The van der Waals surface area contributed by atoms with E-state index in [-0.39, 0.29) is 5.92 Å². The van der Waals surface area contributed by atoms with Gasteiger partial charge in [0, 0.05) is 41.5 Å². The van der Waals surface area contributed by atoms with Crippen molar-refractivity contribution in [1.82, 2.24) is 9.99 Å². The van der Waals surface area contributed by atoms with Crippen LogP contribution < -0.4 is 20.1 Å². The first-order valence-corrected chi connectivity index (χ1v) is 10.8. The summed E-state index contributed by atoms with van der Waals surface area (Å²) in [6, 6.07) is 11.0. The molecule has 166 valence electrons. The molecule has 2 radical (unpaired) electrons. The average Bonchev–Trinajstić information content (AvgIpc) is 3.14. The summed E-state index contributed by atoms with van der Waals surface area (Å²) in [4.78, 5) is 12.3. The molecule has 0 aliphatic carbocycles. The lowest BCUT2D eigenvalue weighted by Crippen LogP contribution is -2.24. The van der Waals surface area contributed by atoms with Crippen molar-refractivity contribution in [3.05, 3.63) is 53.7 Å². The van der Waals surface area contributed by atoms with Gasteiger partial charge in [-0.3, -0.25) is 0 Å². The largest absolute Gasteiger partial charge is 0.568 e. The molecule has 7 nitrogen and oxygen atoms in total. The SMILES string of the molecule is [B]Oc1cc(OCCCC)c(/C=N/NC(=O)Nc2ccc3c(ccn3C)c2)cc1C(C)C. The third-order valence-electron chi connectivity index (χ3n) is 5.16. The number of carbonyl (C=O) groups is 1. The number of hydrazone groups is 1. The van der Waals surface area contributed by atoms with E-state index in [2.05, 4.69) is 22.8 Å². The maximum absolute atomic E-state index is 12.3. The predicted molar refractivity (Wildman–Crippen MR) is 130 cm³/mol. The monoisotopic (exact) mass is 432 g/mol. The van der Waals surface area contributed by atoms with Crippen LogP contribution in [-0.2, 0) is 7.05 Å². The zero-order valence-corrected chi connectivity index (χ0v) is 19.0. The number of aryl methyl sites for hydroxylation is 1. The Bertz CT molecular complexity index is 1110. The van der Waals surface area contributed by atoms with Gasteiger partial charge >= 0.3 is 14.1 Å². The minimum atomic E-state index is -0.434. The van der Waals surface area contributed by atoms with E-state index in [4.69, 9.17) is 17.4 Å². The van der Waals surface area contributed by atoms with Gasteiger partial charge in [-0.1, -0.05) is 27.2 Å². The normalized spacial score (nSPS) is 11.3.